The topological polar surface area (TPSA) is 76.7 Å². The van der Waals surface area contributed by atoms with E-state index in [1.807, 2.05) is 85.8 Å². The molecule has 0 aliphatic rings. The molecule has 2 N–H and O–H groups in total. The van der Waals surface area contributed by atoms with Crippen molar-refractivity contribution in [3.8, 4) is 22.6 Å². The van der Waals surface area contributed by atoms with E-state index in [9.17, 15) is 9.59 Å². The molecule has 0 atom stereocenters. The molecular weight excluding hydrogens is 392 g/mol. The second kappa shape index (κ2) is 11.4. The number of carbonyl (C=O) groups excluding carboxylic acids is 2. The lowest BCUT2D eigenvalue weighted by Crippen LogP contribution is -2.43. The molecule has 0 saturated heterocycles. The number of hydrogen-bond donors (Lipinski definition) is 2. The molecule has 0 fully saturated rings. The van der Waals surface area contributed by atoms with Crippen LogP contribution >= 0.6 is 0 Å². The number of ether oxygens (including phenoxy) is 2. The first-order valence-corrected chi connectivity index (χ1v) is 10.2. The first-order valence-electron chi connectivity index (χ1n) is 10.2. The zero-order chi connectivity index (χ0) is 21.9. The van der Waals surface area contributed by atoms with Gasteiger partial charge in [0.05, 0.1) is 6.61 Å². The predicted octanol–water partition coefficient (Wildman–Crippen LogP) is 3.91. The Morgan fingerprint density at radius 2 is 1.39 bits per heavy atom. The van der Waals surface area contributed by atoms with Crippen LogP contribution in [-0.4, -0.2) is 25.0 Å². The van der Waals surface area contributed by atoms with Gasteiger partial charge in [-0.2, -0.15) is 0 Å². The van der Waals surface area contributed by atoms with Gasteiger partial charge in [-0.1, -0.05) is 66.7 Å². The minimum atomic E-state index is -0.439. The van der Waals surface area contributed by atoms with E-state index in [0.717, 1.165) is 22.4 Å². The van der Waals surface area contributed by atoms with Gasteiger partial charge in [0.2, 0.25) is 5.91 Å². The summed E-state index contributed by atoms with van der Waals surface area (Å²) in [5.74, 6) is 0.644. The number of hydrogen-bond acceptors (Lipinski definition) is 4. The zero-order valence-corrected chi connectivity index (χ0v) is 17.5. The van der Waals surface area contributed by atoms with Gasteiger partial charge in [0.25, 0.3) is 5.91 Å². The van der Waals surface area contributed by atoms with Gasteiger partial charge in [-0.25, -0.2) is 0 Å². The van der Waals surface area contributed by atoms with Gasteiger partial charge in [-0.15, -0.1) is 0 Å². The zero-order valence-electron chi connectivity index (χ0n) is 17.5. The van der Waals surface area contributed by atoms with Crippen molar-refractivity contribution in [3.63, 3.8) is 0 Å². The average molecular weight is 418 g/mol. The normalized spacial score (nSPS) is 10.2. The Hall–Kier alpha value is -3.80. The summed E-state index contributed by atoms with van der Waals surface area (Å²) in [6, 6.07) is 24.9. The van der Waals surface area contributed by atoms with E-state index in [-0.39, 0.29) is 18.9 Å². The highest BCUT2D eigenvalue weighted by Crippen LogP contribution is 2.29. The Labute approximate surface area is 182 Å². The Bertz CT molecular complexity index is 1010. The first-order chi connectivity index (χ1) is 15.2. The van der Waals surface area contributed by atoms with Crippen LogP contribution in [0.5, 0.6) is 11.5 Å². The molecule has 0 radical (unpaired) electrons. The van der Waals surface area contributed by atoms with Gasteiger partial charge in [0.1, 0.15) is 11.5 Å². The van der Waals surface area contributed by atoms with Crippen LogP contribution in [-0.2, 0) is 16.0 Å². The Kier molecular flexibility index (Phi) is 8.05. The molecular formula is C25H26N2O4. The number of aryl methyl sites for hydroxylation is 1. The summed E-state index contributed by atoms with van der Waals surface area (Å²) in [6.07, 6.45) is 0.737. The summed E-state index contributed by atoms with van der Waals surface area (Å²) in [5.41, 5.74) is 7.67. The highest BCUT2D eigenvalue weighted by atomic mass is 16.5. The maximum absolute atomic E-state index is 12.1. The van der Waals surface area contributed by atoms with Crippen LogP contribution in [0.4, 0.5) is 0 Å². The second-order valence-electron chi connectivity index (χ2n) is 6.79. The summed E-state index contributed by atoms with van der Waals surface area (Å²) in [6.45, 7) is 2.27. The maximum Gasteiger partial charge on any atom is 0.276 e. The molecule has 6 heteroatoms. The van der Waals surface area contributed by atoms with Gasteiger partial charge < -0.3 is 9.47 Å². The average Bonchev–Trinajstić information content (AvgIpc) is 2.82. The second-order valence-corrected chi connectivity index (χ2v) is 6.79. The summed E-state index contributed by atoms with van der Waals surface area (Å²) in [4.78, 5) is 24.2. The molecule has 31 heavy (non-hydrogen) atoms. The van der Waals surface area contributed by atoms with Crippen LogP contribution in [0.15, 0.2) is 78.9 Å². The van der Waals surface area contributed by atoms with Crippen molar-refractivity contribution in [1.29, 1.82) is 0 Å². The third-order valence-corrected chi connectivity index (χ3v) is 4.57. The standard InChI is InChI=1S/C25H26N2O4/c1-2-30-22-14-8-6-12-20(22)16-17-24(28)26-27-25(29)18-31-23-15-9-7-13-21(23)19-10-4-3-5-11-19/h3-15H,2,16-18H2,1H3,(H,26,28)(H,27,29). The fraction of sp³-hybridized carbons (Fsp3) is 0.200. The van der Waals surface area contributed by atoms with Gasteiger partial charge in [-0.05, 0) is 36.6 Å². The van der Waals surface area contributed by atoms with E-state index in [1.165, 1.54) is 0 Å². The molecule has 0 unspecified atom stereocenters. The van der Waals surface area contributed by atoms with Crippen molar-refractivity contribution < 1.29 is 19.1 Å². The van der Waals surface area contributed by atoms with E-state index in [1.54, 1.807) is 0 Å². The number of carbonyl (C=O) groups is 2. The Morgan fingerprint density at radius 1 is 0.742 bits per heavy atom. The van der Waals surface area contributed by atoms with Crippen molar-refractivity contribution in [1.82, 2.24) is 10.9 Å². The van der Waals surface area contributed by atoms with Crippen molar-refractivity contribution in [2.75, 3.05) is 13.2 Å². The smallest absolute Gasteiger partial charge is 0.276 e. The predicted molar refractivity (Wildman–Crippen MR) is 120 cm³/mol. The first kappa shape index (κ1) is 21.9. The van der Waals surface area contributed by atoms with E-state index in [0.29, 0.717) is 18.8 Å². The number of rotatable bonds is 9. The molecule has 0 saturated carbocycles. The Morgan fingerprint density at radius 3 is 2.16 bits per heavy atom. The van der Waals surface area contributed by atoms with Crippen molar-refractivity contribution in [2.45, 2.75) is 19.8 Å². The lowest BCUT2D eigenvalue weighted by Gasteiger charge is -2.12. The number of benzene rings is 3. The van der Waals surface area contributed by atoms with Crippen LogP contribution in [0.3, 0.4) is 0 Å². The molecule has 3 aromatic carbocycles. The van der Waals surface area contributed by atoms with E-state index >= 15 is 0 Å². The monoisotopic (exact) mass is 418 g/mol. The highest BCUT2D eigenvalue weighted by molar-refractivity contribution is 5.83. The van der Waals surface area contributed by atoms with Crippen LogP contribution < -0.4 is 20.3 Å². The third-order valence-electron chi connectivity index (χ3n) is 4.57. The number of hydrazine groups is 1. The van der Waals surface area contributed by atoms with Crippen LogP contribution in [0.25, 0.3) is 11.1 Å². The number of nitrogens with one attached hydrogen (secondary N) is 2. The molecule has 2 amide bonds. The molecule has 6 nitrogen and oxygen atoms in total. The highest BCUT2D eigenvalue weighted by Gasteiger charge is 2.10. The van der Waals surface area contributed by atoms with Crippen LogP contribution in [0, 0.1) is 0 Å². The summed E-state index contributed by atoms with van der Waals surface area (Å²) >= 11 is 0. The van der Waals surface area contributed by atoms with Crippen molar-refractivity contribution in [2.24, 2.45) is 0 Å². The molecule has 160 valence electrons. The van der Waals surface area contributed by atoms with Gasteiger partial charge in [0.15, 0.2) is 6.61 Å². The van der Waals surface area contributed by atoms with Gasteiger partial charge in [-0.3, -0.25) is 20.4 Å². The van der Waals surface area contributed by atoms with Gasteiger partial charge in [0, 0.05) is 12.0 Å². The molecule has 0 aliphatic heterocycles. The summed E-state index contributed by atoms with van der Waals surface area (Å²) in [5, 5.41) is 0. The lowest BCUT2D eigenvalue weighted by atomic mass is 10.1. The number of amides is 2. The van der Waals surface area contributed by atoms with Crippen molar-refractivity contribution >= 4 is 11.8 Å². The third kappa shape index (κ3) is 6.60. The van der Waals surface area contributed by atoms with Crippen molar-refractivity contribution in [3.05, 3.63) is 84.4 Å². The Balaban J connectivity index is 1.46. The van der Waals surface area contributed by atoms with E-state index < -0.39 is 5.91 Å². The quantitative estimate of drug-likeness (QED) is 0.517. The molecule has 3 rings (SSSR count). The maximum atomic E-state index is 12.1. The number of para-hydroxylation sites is 2. The molecule has 0 heterocycles. The van der Waals surface area contributed by atoms with E-state index in [4.69, 9.17) is 9.47 Å². The minimum absolute atomic E-state index is 0.211. The SMILES string of the molecule is CCOc1ccccc1CCC(=O)NNC(=O)COc1ccccc1-c1ccccc1. The van der Waals surface area contributed by atoms with Crippen LogP contribution in [0.1, 0.15) is 18.9 Å². The fourth-order valence-electron chi connectivity index (χ4n) is 3.08. The molecule has 0 aromatic heterocycles. The summed E-state index contributed by atoms with van der Waals surface area (Å²) < 4.78 is 11.2. The van der Waals surface area contributed by atoms with Crippen LogP contribution in [0.2, 0.25) is 0 Å². The largest absolute Gasteiger partial charge is 0.494 e. The minimum Gasteiger partial charge on any atom is -0.494 e. The molecule has 0 spiro atoms. The molecule has 3 aromatic rings. The summed E-state index contributed by atoms with van der Waals surface area (Å²) in [7, 11) is 0. The van der Waals surface area contributed by atoms with Gasteiger partial charge >= 0.3 is 0 Å². The molecule has 0 bridgehead atoms. The fourth-order valence-corrected chi connectivity index (χ4v) is 3.08. The lowest BCUT2D eigenvalue weighted by molar-refractivity contribution is -0.130. The molecule has 0 aliphatic carbocycles. The van der Waals surface area contributed by atoms with E-state index in [2.05, 4.69) is 10.9 Å².